The predicted molar refractivity (Wildman–Crippen MR) is 114 cm³/mol. The Morgan fingerprint density at radius 3 is 2.25 bits per heavy atom. The first-order valence-electron chi connectivity index (χ1n) is 8.11. The van der Waals surface area contributed by atoms with Crippen molar-refractivity contribution in [1.82, 2.24) is 30.4 Å². The second kappa shape index (κ2) is 5.99. The van der Waals surface area contributed by atoms with Crippen LogP contribution in [0.3, 0.4) is 0 Å². The molecule has 134 valence electrons. The van der Waals surface area contributed by atoms with Gasteiger partial charge in [0.1, 0.15) is 26.7 Å². The van der Waals surface area contributed by atoms with E-state index in [1.54, 1.807) is 0 Å². The molecule has 0 amide bonds. The Labute approximate surface area is 174 Å². The second-order valence-corrected chi connectivity index (χ2v) is 8.73. The first kappa shape index (κ1) is 16.4. The summed E-state index contributed by atoms with van der Waals surface area (Å²) in [5.74, 6) is 0. The van der Waals surface area contributed by atoms with Gasteiger partial charge in [-0.2, -0.15) is 0 Å². The molecule has 0 radical (unpaired) electrons. The quantitative estimate of drug-likeness (QED) is 0.302. The van der Waals surface area contributed by atoms with Gasteiger partial charge >= 0.3 is 0 Å². The molecule has 0 saturated carbocycles. The van der Waals surface area contributed by atoms with Gasteiger partial charge in [-0.3, -0.25) is 0 Å². The highest BCUT2D eigenvalue weighted by atomic mass is 35.5. The topological polar surface area (TPSA) is 77.3 Å². The fourth-order valence-corrected chi connectivity index (χ4v) is 5.95. The Morgan fingerprint density at radius 2 is 1.46 bits per heavy atom. The normalized spacial score (nSPS) is 11.9. The molecule has 6 aromatic rings. The molecule has 6 rings (SSSR count). The second-order valence-electron chi connectivity index (χ2n) is 6.02. The van der Waals surface area contributed by atoms with Gasteiger partial charge in [-0.15, -0.1) is 32.9 Å². The molecule has 6 nitrogen and oxygen atoms in total. The highest BCUT2D eigenvalue weighted by molar-refractivity contribution is 7.28. The molecule has 0 aliphatic heterocycles. The van der Waals surface area contributed by atoms with E-state index in [0.29, 0.717) is 15.8 Å². The number of rotatable bonds is 1. The van der Waals surface area contributed by atoms with Gasteiger partial charge in [0.15, 0.2) is 5.15 Å². The molecule has 0 aliphatic rings. The van der Waals surface area contributed by atoms with E-state index in [-0.39, 0.29) is 0 Å². The Bertz CT molecular complexity index is 1450. The third kappa shape index (κ3) is 2.20. The Kier molecular flexibility index (Phi) is 3.51. The van der Waals surface area contributed by atoms with E-state index in [2.05, 4.69) is 37.5 Å². The van der Waals surface area contributed by atoms with Crippen LogP contribution in [0.4, 0.5) is 0 Å². The van der Waals surface area contributed by atoms with Gasteiger partial charge < -0.3 is 0 Å². The summed E-state index contributed by atoms with van der Waals surface area (Å²) in [7, 11) is 0. The first-order valence-corrected chi connectivity index (χ1v) is 10.5. The molecule has 0 aliphatic carbocycles. The summed E-state index contributed by atoms with van der Waals surface area (Å²) < 4.78 is 1.59. The van der Waals surface area contributed by atoms with Crippen molar-refractivity contribution in [3.63, 3.8) is 0 Å². The van der Waals surface area contributed by atoms with Crippen molar-refractivity contribution in [2.24, 2.45) is 0 Å². The Balaban J connectivity index is 1.95. The number of aromatic nitrogens is 6. The summed E-state index contributed by atoms with van der Waals surface area (Å²) in [5, 5.41) is 14.5. The van der Waals surface area contributed by atoms with E-state index in [9.17, 15) is 0 Å². The molecule has 1 aromatic carbocycles. The largest absolute Gasteiger partial charge is 0.235 e. The van der Waals surface area contributed by atoms with Crippen molar-refractivity contribution in [2.45, 2.75) is 0 Å². The van der Waals surface area contributed by atoms with Gasteiger partial charge in [-0.25, -0.2) is 15.0 Å². The third-order valence-electron chi connectivity index (χ3n) is 4.50. The monoisotopic (exact) mass is 440 g/mol. The van der Waals surface area contributed by atoms with Crippen LogP contribution in [0.25, 0.3) is 52.0 Å². The van der Waals surface area contributed by atoms with Crippen LogP contribution < -0.4 is 0 Å². The van der Waals surface area contributed by atoms with Crippen molar-refractivity contribution < 1.29 is 0 Å². The van der Waals surface area contributed by atoms with Crippen LogP contribution in [0.2, 0.25) is 10.3 Å². The predicted octanol–water partition coefficient (Wildman–Crippen LogP) is 5.77. The smallest absolute Gasteiger partial charge is 0.172 e. The molecule has 10 heteroatoms. The maximum absolute atomic E-state index is 6.33. The lowest BCUT2D eigenvalue weighted by molar-refractivity contribution is 0.900. The number of hydrogen-bond acceptors (Lipinski definition) is 8. The van der Waals surface area contributed by atoms with Gasteiger partial charge in [-0.1, -0.05) is 53.5 Å². The lowest BCUT2D eigenvalue weighted by atomic mass is 9.99. The molecule has 0 fully saturated rings. The van der Waals surface area contributed by atoms with Crippen LogP contribution >= 0.6 is 45.9 Å². The number of thiophene rings is 2. The van der Waals surface area contributed by atoms with E-state index < -0.39 is 0 Å². The van der Waals surface area contributed by atoms with Crippen molar-refractivity contribution in [3.05, 3.63) is 47.0 Å². The summed E-state index contributed by atoms with van der Waals surface area (Å²) in [4.78, 5) is 15.2. The van der Waals surface area contributed by atoms with Gasteiger partial charge in [0.25, 0.3) is 0 Å². The minimum absolute atomic E-state index is 0.325. The minimum Gasteiger partial charge on any atom is -0.235 e. The van der Waals surface area contributed by atoms with E-state index in [4.69, 9.17) is 28.2 Å². The average Bonchev–Trinajstić information content (AvgIpc) is 3.27. The van der Waals surface area contributed by atoms with E-state index in [1.165, 1.54) is 29.0 Å². The molecular formula is C18H6Cl2N6S2. The summed E-state index contributed by atoms with van der Waals surface area (Å²) in [6.07, 6.45) is 1.47. The van der Waals surface area contributed by atoms with Crippen molar-refractivity contribution in [3.8, 4) is 11.1 Å². The van der Waals surface area contributed by atoms with Crippen LogP contribution in [0.1, 0.15) is 0 Å². The van der Waals surface area contributed by atoms with Crippen LogP contribution in [-0.4, -0.2) is 30.4 Å². The van der Waals surface area contributed by atoms with Crippen LogP contribution in [0.5, 0.6) is 0 Å². The molecule has 0 spiro atoms. The summed E-state index contributed by atoms with van der Waals surface area (Å²) >= 11 is 15.6. The SMILES string of the molecule is Clc1ncnc2c1sc1nc3sc4c(Cl)nnnc4c3c(-c3ccccc3)c12. The zero-order valence-electron chi connectivity index (χ0n) is 13.7. The number of pyridine rings is 1. The molecule has 0 N–H and O–H groups in total. The van der Waals surface area contributed by atoms with Gasteiger partial charge in [0, 0.05) is 16.3 Å². The summed E-state index contributed by atoms with van der Waals surface area (Å²) in [6, 6.07) is 10.1. The maximum atomic E-state index is 6.33. The van der Waals surface area contributed by atoms with E-state index >= 15 is 0 Å². The van der Waals surface area contributed by atoms with Crippen LogP contribution in [-0.2, 0) is 0 Å². The van der Waals surface area contributed by atoms with Crippen LogP contribution in [0.15, 0.2) is 36.7 Å². The molecular weight excluding hydrogens is 435 g/mol. The van der Waals surface area contributed by atoms with Crippen LogP contribution in [0, 0.1) is 0 Å². The fourth-order valence-electron chi connectivity index (χ4n) is 3.39. The standard InChI is InChI=1S/C18H6Cl2N6S2/c19-15-13-11(21-6-22-15)9-8(7-4-2-1-3-5-7)10-12-14(16(20)25-26-24-12)28-18(10)23-17(9)27-13/h1-6H. The zero-order valence-corrected chi connectivity index (χ0v) is 16.9. The molecule has 0 saturated heterocycles. The first-order chi connectivity index (χ1) is 13.7. The van der Waals surface area contributed by atoms with E-state index in [1.807, 2.05) is 18.2 Å². The van der Waals surface area contributed by atoms with Gasteiger partial charge in [0.05, 0.1) is 14.9 Å². The maximum Gasteiger partial charge on any atom is 0.172 e. The van der Waals surface area contributed by atoms with Crippen molar-refractivity contribution in [2.75, 3.05) is 0 Å². The minimum atomic E-state index is 0.325. The Hall–Kier alpha value is -2.52. The number of nitrogens with zero attached hydrogens (tertiary/aromatic N) is 6. The lowest BCUT2D eigenvalue weighted by Crippen LogP contribution is -1.89. The summed E-state index contributed by atoms with van der Waals surface area (Å²) in [5.41, 5.74) is 3.49. The van der Waals surface area contributed by atoms with Gasteiger partial charge in [0.2, 0.25) is 0 Å². The van der Waals surface area contributed by atoms with Crippen molar-refractivity contribution in [1.29, 1.82) is 0 Å². The fraction of sp³-hybridized carbons (Fsp3) is 0. The van der Waals surface area contributed by atoms with E-state index in [0.717, 1.165) is 46.5 Å². The molecule has 28 heavy (non-hydrogen) atoms. The zero-order chi connectivity index (χ0) is 18.8. The highest BCUT2D eigenvalue weighted by Gasteiger charge is 2.23. The summed E-state index contributed by atoms with van der Waals surface area (Å²) in [6.45, 7) is 0. The molecule has 0 unspecified atom stereocenters. The molecule has 0 bridgehead atoms. The number of hydrogen-bond donors (Lipinski definition) is 0. The lowest BCUT2D eigenvalue weighted by Gasteiger charge is -2.06. The molecule has 5 aromatic heterocycles. The average molecular weight is 441 g/mol. The number of fused-ring (bicyclic) bond motifs is 6. The van der Waals surface area contributed by atoms with Crippen molar-refractivity contribution >= 4 is 86.7 Å². The molecule has 0 atom stereocenters. The Morgan fingerprint density at radius 1 is 0.750 bits per heavy atom. The number of halogens is 2. The molecule has 5 heterocycles. The number of benzene rings is 1. The van der Waals surface area contributed by atoms with Gasteiger partial charge in [-0.05, 0) is 10.8 Å². The third-order valence-corrected chi connectivity index (χ3v) is 7.44. The highest BCUT2D eigenvalue weighted by Crippen LogP contribution is 2.47.